The molecule has 0 aromatic heterocycles. The molecule has 0 radical (unpaired) electrons. The van der Waals surface area contributed by atoms with E-state index in [0.29, 0.717) is 11.4 Å². The molecule has 0 bridgehead atoms. The number of benzene rings is 1. The highest BCUT2D eigenvalue weighted by molar-refractivity contribution is 8.00. The van der Waals surface area contributed by atoms with Gasteiger partial charge in [-0.25, -0.2) is 8.42 Å². The van der Waals surface area contributed by atoms with Gasteiger partial charge in [0.15, 0.2) is 0 Å². The van der Waals surface area contributed by atoms with E-state index in [1.807, 2.05) is 24.3 Å². The van der Waals surface area contributed by atoms with Crippen molar-refractivity contribution in [1.82, 2.24) is 0 Å². The lowest BCUT2D eigenvalue weighted by molar-refractivity contribution is 0.603. The van der Waals surface area contributed by atoms with Crippen molar-refractivity contribution in [2.24, 2.45) is 0 Å². The molecular weight excluding hydrogens is 218 g/mol. The summed E-state index contributed by atoms with van der Waals surface area (Å²) in [6.07, 6.45) is 1.24. The predicted octanol–water partition coefficient (Wildman–Crippen LogP) is 1.41. The minimum atomic E-state index is -2.87. The Morgan fingerprint density at radius 2 is 2.00 bits per heavy atom. The highest BCUT2D eigenvalue weighted by atomic mass is 32.2. The highest BCUT2D eigenvalue weighted by Gasteiger charge is 2.03. The molecular formula is C9H13NO2S2. The van der Waals surface area contributed by atoms with Crippen LogP contribution in [-0.4, -0.2) is 26.2 Å². The van der Waals surface area contributed by atoms with Crippen LogP contribution in [0.25, 0.3) is 0 Å². The number of para-hydroxylation sites is 1. The van der Waals surface area contributed by atoms with Gasteiger partial charge in [0.05, 0.1) is 5.75 Å². The zero-order valence-corrected chi connectivity index (χ0v) is 9.57. The Hall–Kier alpha value is -0.680. The summed E-state index contributed by atoms with van der Waals surface area (Å²) in [5, 5.41) is 0. The molecule has 0 aliphatic rings. The number of hydrogen-bond acceptors (Lipinski definition) is 4. The maximum Gasteiger partial charge on any atom is 0.148 e. The zero-order valence-electron chi connectivity index (χ0n) is 7.93. The van der Waals surface area contributed by atoms with Crippen LogP contribution in [0.3, 0.4) is 0 Å². The topological polar surface area (TPSA) is 60.2 Å². The first kappa shape index (κ1) is 11.4. The number of sulfone groups is 1. The van der Waals surface area contributed by atoms with Gasteiger partial charge >= 0.3 is 0 Å². The lowest BCUT2D eigenvalue weighted by atomic mass is 10.3. The Morgan fingerprint density at radius 3 is 2.57 bits per heavy atom. The number of nitrogen functional groups attached to an aromatic ring is 1. The Balaban J connectivity index is 2.51. The summed E-state index contributed by atoms with van der Waals surface area (Å²) in [7, 11) is -2.87. The van der Waals surface area contributed by atoms with Crippen molar-refractivity contribution in [3.05, 3.63) is 24.3 Å². The molecule has 0 aliphatic heterocycles. The van der Waals surface area contributed by atoms with Crippen molar-refractivity contribution in [1.29, 1.82) is 0 Å². The molecule has 0 atom stereocenters. The molecule has 0 spiro atoms. The Bertz CT molecular complexity index is 401. The summed E-state index contributed by atoms with van der Waals surface area (Å²) < 4.78 is 21.7. The van der Waals surface area contributed by atoms with Crippen molar-refractivity contribution >= 4 is 27.3 Å². The number of nitrogens with two attached hydrogens (primary N) is 1. The summed E-state index contributed by atoms with van der Waals surface area (Å²) >= 11 is 1.47. The monoisotopic (exact) mass is 231 g/mol. The molecule has 14 heavy (non-hydrogen) atoms. The van der Waals surface area contributed by atoms with Gasteiger partial charge in [-0.1, -0.05) is 12.1 Å². The third-order valence-electron chi connectivity index (χ3n) is 1.63. The Kier molecular flexibility index (Phi) is 3.83. The third kappa shape index (κ3) is 4.02. The van der Waals surface area contributed by atoms with Crippen LogP contribution in [0, 0.1) is 0 Å². The van der Waals surface area contributed by atoms with Gasteiger partial charge in [-0.05, 0) is 12.1 Å². The molecule has 0 unspecified atom stereocenters. The minimum Gasteiger partial charge on any atom is -0.398 e. The predicted molar refractivity (Wildman–Crippen MR) is 61.3 cm³/mol. The minimum absolute atomic E-state index is 0.187. The number of anilines is 1. The van der Waals surface area contributed by atoms with Crippen LogP contribution in [0.4, 0.5) is 5.69 Å². The maximum absolute atomic E-state index is 10.9. The molecule has 78 valence electrons. The fourth-order valence-corrected chi connectivity index (χ4v) is 3.09. The normalized spacial score (nSPS) is 11.5. The summed E-state index contributed by atoms with van der Waals surface area (Å²) in [4.78, 5) is 0.941. The van der Waals surface area contributed by atoms with E-state index < -0.39 is 9.84 Å². The fourth-order valence-electron chi connectivity index (χ4n) is 0.915. The van der Waals surface area contributed by atoms with E-state index in [1.165, 1.54) is 18.0 Å². The highest BCUT2D eigenvalue weighted by Crippen LogP contribution is 2.24. The third-order valence-corrected chi connectivity index (χ3v) is 3.93. The SMILES string of the molecule is CS(=O)(=O)CCSc1ccccc1N. The summed E-state index contributed by atoms with van der Waals surface area (Å²) in [6.45, 7) is 0. The first-order valence-corrected chi connectivity index (χ1v) is 7.19. The van der Waals surface area contributed by atoms with Gasteiger partial charge < -0.3 is 5.73 Å². The van der Waals surface area contributed by atoms with Crippen LogP contribution in [0.15, 0.2) is 29.2 Å². The molecule has 0 aliphatic carbocycles. The number of hydrogen-bond donors (Lipinski definition) is 1. The van der Waals surface area contributed by atoms with E-state index in [1.54, 1.807) is 0 Å². The second-order valence-electron chi connectivity index (χ2n) is 3.02. The van der Waals surface area contributed by atoms with E-state index in [9.17, 15) is 8.42 Å². The Labute approximate surface area is 88.6 Å². The molecule has 1 rings (SSSR count). The molecule has 1 aromatic rings. The standard InChI is InChI=1S/C9H13NO2S2/c1-14(11,12)7-6-13-9-5-3-2-4-8(9)10/h2-5H,6-7,10H2,1H3. The summed E-state index contributed by atoms with van der Waals surface area (Å²) in [5.41, 5.74) is 6.40. The van der Waals surface area contributed by atoms with Crippen LogP contribution in [-0.2, 0) is 9.84 Å². The van der Waals surface area contributed by atoms with Crippen molar-refractivity contribution in [2.45, 2.75) is 4.90 Å². The summed E-state index contributed by atoms with van der Waals surface area (Å²) in [5.74, 6) is 0.735. The van der Waals surface area contributed by atoms with Crippen LogP contribution in [0.2, 0.25) is 0 Å². The van der Waals surface area contributed by atoms with Crippen molar-refractivity contribution in [2.75, 3.05) is 23.5 Å². The van der Waals surface area contributed by atoms with E-state index in [2.05, 4.69) is 0 Å². The van der Waals surface area contributed by atoms with Gasteiger partial charge in [-0.2, -0.15) is 0 Å². The molecule has 0 amide bonds. The van der Waals surface area contributed by atoms with Crippen molar-refractivity contribution in [3.8, 4) is 0 Å². The number of thioether (sulfide) groups is 1. The molecule has 2 N–H and O–H groups in total. The van der Waals surface area contributed by atoms with Crippen molar-refractivity contribution in [3.63, 3.8) is 0 Å². The van der Waals surface area contributed by atoms with E-state index >= 15 is 0 Å². The van der Waals surface area contributed by atoms with Crippen LogP contribution >= 0.6 is 11.8 Å². The zero-order chi connectivity index (χ0) is 10.6. The second-order valence-corrected chi connectivity index (χ2v) is 6.41. The first-order chi connectivity index (χ1) is 6.49. The molecule has 0 saturated heterocycles. The van der Waals surface area contributed by atoms with Crippen LogP contribution < -0.4 is 5.73 Å². The van der Waals surface area contributed by atoms with E-state index in [-0.39, 0.29) is 5.75 Å². The molecule has 3 nitrogen and oxygen atoms in total. The van der Waals surface area contributed by atoms with Gasteiger partial charge in [-0.3, -0.25) is 0 Å². The molecule has 0 saturated carbocycles. The average Bonchev–Trinajstić information content (AvgIpc) is 2.06. The second kappa shape index (κ2) is 4.70. The van der Waals surface area contributed by atoms with Gasteiger partial charge in [0.2, 0.25) is 0 Å². The van der Waals surface area contributed by atoms with E-state index in [0.717, 1.165) is 4.90 Å². The smallest absolute Gasteiger partial charge is 0.148 e. The Morgan fingerprint density at radius 1 is 1.36 bits per heavy atom. The van der Waals surface area contributed by atoms with Gasteiger partial charge in [0.1, 0.15) is 9.84 Å². The van der Waals surface area contributed by atoms with Gasteiger partial charge in [0, 0.05) is 22.6 Å². The number of rotatable bonds is 4. The quantitative estimate of drug-likeness (QED) is 0.628. The fraction of sp³-hybridized carbons (Fsp3) is 0.333. The van der Waals surface area contributed by atoms with Crippen LogP contribution in [0.1, 0.15) is 0 Å². The molecule has 5 heteroatoms. The molecule has 0 heterocycles. The van der Waals surface area contributed by atoms with Gasteiger partial charge in [-0.15, -0.1) is 11.8 Å². The van der Waals surface area contributed by atoms with Crippen LogP contribution in [0.5, 0.6) is 0 Å². The lowest BCUT2D eigenvalue weighted by Gasteiger charge is -2.03. The molecule has 0 fully saturated rings. The van der Waals surface area contributed by atoms with E-state index in [4.69, 9.17) is 5.73 Å². The lowest BCUT2D eigenvalue weighted by Crippen LogP contribution is -2.05. The van der Waals surface area contributed by atoms with Crippen molar-refractivity contribution < 1.29 is 8.42 Å². The largest absolute Gasteiger partial charge is 0.398 e. The average molecular weight is 231 g/mol. The van der Waals surface area contributed by atoms with Gasteiger partial charge in [0.25, 0.3) is 0 Å². The maximum atomic E-state index is 10.9. The molecule has 1 aromatic carbocycles. The summed E-state index contributed by atoms with van der Waals surface area (Å²) in [6, 6.07) is 7.44. The first-order valence-electron chi connectivity index (χ1n) is 4.14.